The van der Waals surface area contributed by atoms with Crippen molar-refractivity contribution in [1.29, 1.82) is 0 Å². The first-order valence-corrected chi connectivity index (χ1v) is 9.40. The zero-order valence-corrected chi connectivity index (χ0v) is 15.0. The van der Waals surface area contributed by atoms with Crippen LogP contribution in [0.25, 0.3) is 20.7 Å². The van der Waals surface area contributed by atoms with E-state index in [0.717, 1.165) is 10.4 Å². The summed E-state index contributed by atoms with van der Waals surface area (Å²) in [5.74, 6) is 0.145. The van der Waals surface area contributed by atoms with Gasteiger partial charge >= 0.3 is 0 Å². The van der Waals surface area contributed by atoms with Gasteiger partial charge in [0.15, 0.2) is 0 Å². The Labute approximate surface area is 151 Å². The molecule has 0 saturated heterocycles. The summed E-state index contributed by atoms with van der Waals surface area (Å²) in [4.78, 5) is 18.2. The molecule has 4 rings (SSSR count). The predicted octanol–water partition coefficient (Wildman–Crippen LogP) is 4.47. The molecule has 7 heteroatoms. The number of nitrogens with zero attached hydrogens (tertiary/aromatic N) is 2. The highest BCUT2D eigenvalue weighted by Gasteiger charge is 2.13. The van der Waals surface area contributed by atoms with Crippen LogP contribution in [0.3, 0.4) is 0 Å². The number of hydrogen-bond acceptors (Lipinski definition) is 5. The number of fused-ring (bicyclic) bond motifs is 1. The summed E-state index contributed by atoms with van der Waals surface area (Å²) in [6.45, 7) is 0.264. The Balaban J connectivity index is 1.71. The molecule has 4 nitrogen and oxygen atoms in total. The molecule has 126 valence electrons. The quantitative estimate of drug-likeness (QED) is 0.576. The van der Waals surface area contributed by atoms with E-state index in [0.29, 0.717) is 21.7 Å². The maximum absolute atomic E-state index is 13.8. The van der Waals surface area contributed by atoms with E-state index in [2.05, 4.69) is 10.3 Å². The summed E-state index contributed by atoms with van der Waals surface area (Å²) >= 11 is 3.06. The van der Waals surface area contributed by atoms with Gasteiger partial charge in [-0.1, -0.05) is 18.2 Å². The van der Waals surface area contributed by atoms with Crippen molar-refractivity contribution in [2.75, 3.05) is 5.32 Å². The van der Waals surface area contributed by atoms with Crippen molar-refractivity contribution in [2.24, 2.45) is 7.05 Å². The Morgan fingerprint density at radius 2 is 2.12 bits per heavy atom. The van der Waals surface area contributed by atoms with Crippen molar-refractivity contribution < 1.29 is 4.39 Å². The number of rotatable bonds is 4. The summed E-state index contributed by atoms with van der Waals surface area (Å²) in [5.41, 5.74) is 2.18. The van der Waals surface area contributed by atoms with E-state index in [9.17, 15) is 9.18 Å². The lowest BCUT2D eigenvalue weighted by Crippen LogP contribution is -2.21. The van der Waals surface area contributed by atoms with Gasteiger partial charge in [0.25, 0.3) is 5.56 Å². The lowest BCUT2D eigenvalue weighted by atomic mass is 10.2. The van der Waals surface area contributed by atoms with Gasteiger partial charge in [-0.15, -0.1) is 11.3 Å². The monoisotopic (exact) mass is 371 g/mol. The maximum atomic E-state index is 13.8. The Bertz CT molecular complexity index is 1100. The van der Waals surface area contributed by atoms with E-state index in [1.54, 1.807) is 36.6 Å². The van der Waals surface area contributed by atoms with Crippen LogP contribution in [0.15, 0.2) is 52.0 Å². The molecule has 0 atom stereocenters. The number of aromatic nitrogens is 2. The summed E-state index contributed by atoms with van der Waals surface area (Å²) < 4.78 is 15.9. The molecule has 25 heavy (non-hydrogen) atoms. The van der Waals surface area contributed by atoms with Crippen molar-refractivity contribution >= 4 is 38.8 Å². The standard InChI is InChI=1S/C18H14FN3OS2/c1-22-17(23)16-14(8-15(25-16)12-6-7-24-10-12)21-18(22)20-9-11-4-2-3-5-13(11)19/h2-8,10H,9H2,1H3,(H,20,21). The highest BCUT2D eigenvalue weighted by atomic mass is 32.1. The van der Waals surface area contributed by atoms with Crippen LogP contribution in [-0.4, -0.2) is 9.55 Å². The van der Waals surface area contributed by atoms with E-state index in [-0.39, 0.29) is 17.9 Å². The second-order valence-corrected chi connectivity index (χ2v) is 7.41. The molecule has 0 aliphatic heterocycles. The number of halogens is 1. The van der Waals surface area contributed by atoms with Gasteiger partial charge in [-0.05, 0) is 29.0 Å². The third-order valence-electron chi connectivity index (χ3n) is 3.96. The minimum atomic E-state index is -0.281. The lowest BCUT2D eigenvalue weighted by molar-refractivity contribution is 0.612. The molecule has 0 spiro atoms. The van der Waals surface area contributed by atoms with Crippen LogP contribution in [0, 0.1) is 5.82 Å². The second kappa shape index (κ2) is 6.42. The number of anilines is 1. The van der Waals surface area contributed by atoms with Gasteiger partial charge in [0.1, 0.15) is 10.5 Å². The summed E-state index contributed by atoms with van der Waals surface area (Å²) in [6, 6.07) is 10.5. The van der Waals surface area contributed by atoms with Crippen molar-refractivity contribution in [3.63, 3.8) is 0 Å². The average molecular weight is 371 g/mol. The topological polar surface area (TPSA) is 46.9 Å². The minimum Gasteiger partial charge on any atom is -0.351 e. The average Bonchev–Trinajstić information content (AvgIpc) is 3.27. The Morgan fingerprint density at radius 3 is 2.88 bits per heavy atom. The van der Waals surface area contributed by atoms with Gasteiger partial charge in [0.2, 0.25) is 5.95 Å². The van der Waals surface area contributed by atoms with Crippen molar-refractivity contribution in [3.05, 3.63) is 68.9 Å². The van der Waals surface area contributed by atoms with E-state index >= 15 is 0 Å². The molecule has 0 aliphatic carbocycles. The second-order valence-electron chi connectivity index (χ2n) is 5.58. The molecule has 4 aromatic rings. The maximum Gasteiger partial charge on any atom is 0.272 e. The van der Waals surface area contributed by atoms with Crippen LogP contribution >= 0.6 is 22.7 Å². The highest BCUT2D eigenvalue weighted by molar-refractivity contribution is 7.22. The van der Waals surface area contributed by atoms with Crippen molar-refractivity contribution in [3.8, 4) is 10.4 Å². The van der Waals surface area contributed by atoms with E-state index in [4.69, 9.17) is 0 Å². The fourth-order valence-corrected chi connectivity index (χ4v) is 4.38. The van der Waals surface area contributed by atoms with Gasteiger partial charge in [-0.2, -0.15) is 11.3 Å². The third kappa shape index (κ3) is 2.96. The number of thiophene rings is 2. The first kappa shape index (κ1) is 16.0. The number of hydrogen-bond donors (Lipinski definition) is 1. The van der Waals surface area contributed by atoms with E-state index < -0.39 is 0 Å². The third-order valence-corrected chi connectivity index (χ3v) is 5.80. The van der Waals surface area contributed by atoms with Crippen LogP contribution in [0.2, 0.25) is 0 Å². The molecule has 0 unspecified atom stereocenters. The van der Waals surface area contributed by atoms with Gasteiger partial charge in [-0.3, -0.25) is 9.36 Å². The zero-order valence-electron chi connectivity index (χ0n) is 13.3. The van der Waals surface area contributed by atoms with Gasteiger partial charge in [-0.25, -0.2) is 9.37 Å². The SMILES string of the molecule is Cn1c(NCc2ccccc2F)nc2cc(-c3ccsc3)sc2c1=O. The van der Waals surface area contributed by atoms with E-state index in [1.165, 1.54) is 22.0 Å². The minimum absolute atomic E-state index is 0.104. The van der Waals surface area contributed by atoms with Crippen molar-refractivity contribution in [1.82, 2.24) is 9.55 Å². The van der Waals surface area contributed by atoms with Crippen LogP contribution in [0.4, 0.5) is 10.3 Å². The molecule has 1 aromatic carbocycles. The van der Waals surface area contributed by atoms with Gasteiger partial charge in [0.05, 0.1) is 5.52 Å². The van der Waals surface area contributed by atoms with Gasteiger partial charge in [0, 0.05) is 29.6 Å². The van der Waals surface area contributed by atoms with Gasteiger partial charge < -0.3 is 5.32 Å². The highest BCUT2D eigenvalue weighted by Crippen LogP contribution is 2.32. The van der Waals surface area contributed by atoms with Crippen molar-refractivity contribution in [2.45, 2.75) is 6.54 Å². The Morgan fingerprint density at radius 1 is 1.28 bits per heavy atom. The lowest BCUT2D eigenvalue weighted by Gasteiger charge is -2.10. The fourth-order valence-electron chi connectivity index (χ4n) is 2.58. The van der Waals surface area contributed by atoms with Crippen LogP contribution in [-0.2, 0) is 13.6 Å². The molecule has 0 fully saturated rings. The summed E-state index contributed by atoms with van der Waals surface area (Å²) in [6.07, 6.45) is 0. The smallest absolute Gasteiger partial charge is 0.272 e. The number of nitrogens with one attached hydrogen (secondary N) is 1. The molecule has 0 bridgehead atoms. The fraction of sp³-hybridized carbons (Fsp3) is 0.111. The predicted molar refractivity (Wildman–Crippen MR) is 102 cm³/mol. The Kier molecular flexibility index (Phi) is 4.10. The van der Waals surface area contributed by atoms with Crippen LogP contribution in [0.1, 0.15) is 5.56 Å². The first-order valence-electron chi connectivity index (χ1n) is 7.64. The normalized spacial score (nSPS) is 11.1. The molecule has 0 amide bonds. The van der Waals surface area contributed by atoms with Crippen LogP contribution in [0.5, 0.6) is 0 Å². The zero-order chi connectivity index (χ0) is 17.4. The molecular weight excluding hydrogens is 357 g/mol. The molecule has 3 aromatic heterocycles. The molecule has 0 saturated carbocycles. The van der Waals surface area contributed by atoms with Crippen LogP contribution < -0.4 is 10.9 Å². The summed E-state index contributed by atoms with van der Waals surface area (Å²) in [5, 5.41) is 7.12. The molecule has 3 heterocycles. The largest absolute Gasteiger partial charge is 0.351 e. The molecule has 0 aliphatic rings. The number of benzene rings is 1. The summed E-state index contributed by atoms with van der Waals surface area (Å²) in [7, 11) is 1.67. The molecule has 1 N–H and O–H groups in total. The first-order chi connectivity index (χ1) is 12.1. The van der Waals surface area contributed by atoms with E-state index in [1.807, 2.05) is 22.9 Å². The Hall–Kier alpha value is -2.51. The molecular formula is C18H14FN3OS2. The molecule has 0 radical (unpaired) electrons.